The average Bonchev–Trinajstić information content (AvgIpc) is 3.24. The van der Waals surface area contributed by atoms with Gasteiger partial charge in [-0.25, -0.2) is 4.79 Å². The summed E-state index contributed by atoms with van der Waals surface area (Å²) in [5, 5.41) is 6.10. The molecule has 2 rings (SSSR count). The predicted molar refractivity (Wildman–Crippen MR) is 77.7 cm³/mol. The van der Waals surface area contributed by atoms with Gasteiger partial charge < -0.3 is 20.1 Å². The Labute approximate surface area is 121 Å². The van der Waals surface area contributed by atoms with Crippen LogP contribution in [0.4, 0.5) is 4.79 Å². The summed E-state index contributed by atoms with van der Waals surface area (Å²) < 4.78 is 10.6. The Kier molecular flexibility index (Phi) is 5.66. The third kappa shape index (κ3) is 4.35. The molecule has 0 heterocycles. The van der Waals surface area contributed by atoms with Gasteiger partial charge in [-0.15, -0.1) is 0 Å². The highest BCUT2D eigenvalue weighted by molar-refractivity contribution is 5.74. The minimum atomic E-state index is -0.0531. The Hall–Kier alpha value is -0.810. The molecule has 0 aromatic carbocycles. The van der Waals surface area contributed by atoms with Crippen LogP contribution in [0.3, 0.4) is 0 Å². The monoisotopic (exact) mass is 284 g/mol. The summed E-state index contributed by atoms with van der Waals surface area (Å²) in [6.07, 6.45) is 8.01. The number of rotatable bonds is 7. The molecule has 0 saturated heterocycles. The van der Waals surface area contributed by atoms with Gasteiger partial charge in [0.05, 0.1) is 12.1 Å². The molecule has 2 aliphatic carbocycles. The van der Waals surface area contributed by atoms with Gasteiger partial charge in [0.25, 0.3) is 0 Å². The zero-order valence-corrected chi connectivity index (χ0v) is 12.7. The molecule has 5 nitrogen and oxygen atoms in total. The topological polar surface area (TPSA) is 59.6 Å². The molecule has 2 amide bonds. The maximum absolute atomic E-state index is 12.0. The van der Waals surface area contributed by atoms with E-state index < -0.39 is 0 Å². The van der Waals surface area contributed by atoms with Crippen LogP contribution in [0.15, 0.2) is 0 Å². The number of hydrogen-bond donors (Lipinski definition) is 2. The molecule has 0 aromatic rings. The first kappa shape index (κ1) is 15.6. The lowest BCUT2D eigenvalue weighted by atomic mass is 9.92. The highest BCUT2D eigenvalue weighted by Gasteiger charge is 2.42. The third-order valence-electron chi connectivity index (χ3n) is 4.74. The lowest BCUT2D eigenvalue weighted by Gasteiger charge is -2.31. The normalized spacial score (nSPS) is 27.9. The first-order chi connectivity index (χ1) is 9.69. The van der Waals surface area contributed by atoms with Crippen LogP contribution >= 0.6 is 0 Å². The van der Waals surface area contributed by atoms with E-state index in [9.17, 15) is 4.79 Å². The molecule has 0 unspecified atom stereocenters. The van der Waals surface area contributed by atoms with E-state index in [-0.39, 0.29) is 18.2 Å². The van der Waals surface area contributed by atoms with E-state index in [2.05, 4.69) is 10.6 Å². The highest BCUT2D eigenvalue weighted by atomic mass is 16.5. The van der Waals surface area contributed by atoms with Crippen LogP contribution in [-0.4, -0.2) is 45.5 Å². The van der Waals surface area contributed by atoms with E-state index in [1.165, 1.54) is 25.7 Å². The number of carbonyl (C=O) groups excluding carboxylic acids is 1. The van der Waals surface area contributed by atoms with Crippen LogP contribution in [0.1, 0.15) is 44.9 Å². The van der Waals surface area contributed by atoms with Gasteiger partial charge in [-0.05, 0) is 37.5 Å². The number of hydrogen-bond acceptors (Lipinski definition) is 3. The minimum absolute atomic E-state index is 0.0531. The van der Waals surface area contributed by atoms with E-state index in [1.54, 1.807) is 14.2 Å². The van der Waals surface area contributed by atoms with Crippen LogP contribution in [0.2, 0.25) is 0 Å². The highest BCUT2D eigenvalue weighted by Crippen LogP contribution is 2.48. The number of carbonyl (C=O) groups is 1. The maximum Gasteiger partial charge on any atom is 0.315 e. The lowest BCUT2D eigenvalue weighted by Crippen LogP contribution is -2.50. The fraction of sp³-hybridized carbons (Fsp3) is 0.933. The zero-order chi connectivity index (χ0) is 14.4. The number of ether oxygens (including phenoxy) is 2. The zero-order valence-electron chi connectivity index (χ0n) is 12.7. The fourth-order valence-corrected chi connectivity index (χ4v) is 3.04. The van der Waals surface area contributed by atoms with Crippen LogP contribution in [0.25, 0.3) is 0 Å². The Morgan fingerprint density at radius 1 is 1.25 bits per heavy atom. The van der Waals surface area contributed by atoms with E-state index in [0.29, 0.717) is 5.41 Å². The molecule has 0 aromatic heterocycles. The van der Waals surface area contributed by atoms with Crippen molar-refractivity contribution in [2.24, 2.45) is 5.41 Å². The van der Waals surface area contributed by atoms with Crippen LogP contribution in [0.5, 0.6) is 0 Å². The molecule has 2 fully saturated rings. The predicted octanol–water partition coefficient (Wildman–Crippen LogP) is 2.06. The van der Waals surface area contributed by atoms with Gasteiger partial charge in [-0.1, -0.05) is 12.8 Å². The van der Waals surface area contributed by atoms with E-state index in [4.69, 9.17) is 9.47 Å². The molecular formula is C15H28N2O3. The SMILES string of the molecule is COCCC1(CNC(=O)N[C@@H]2CCCC[C@@H]2OC)CC1. The molecule has 0 spiro atoms. The maximum atomic E-state index is 12.0. The Balaban J connectivity index is 1.69. The first-order valence-electron chi connectivity index (χ1n) is 7.75. The number of nitrogens with one attached hydrogen (secondary N) is 2. The van der Waals surface area contributed by atoms with Crippen molar-refractivity contribution in [2.75, 3.05) is 27.4 Å². The largest absolute Gasteiger partial charge is 0.385 e. The summed E-state index contributed by atoms with van der Waals surface area (Å²) in [5.41, 5.74) is 0.292. The van der Waals surface area contributed by atoms with Gasteiger partial charge in [-0.3, -0.25) is 0 Å². The molecule has 2 N–H and O–H groups in total. The van der Waals surface area contributed by atoms with E-state index >= 15 is 0 Å². The van der Waals surface area contributed by atoms with Crippen molar-refractivity contribution < 1.29 is 14.3 Å². The smallest absolute Gasteiger partial charge is 0.315 e. The first-order valence-corrected chi connectivity index (χ1v) is 7.75. The average molecular weight is 284 g/mol. The van der Waals surface area contributed by atoms with Crippen LogP contribution < -0.4 is 10.6 Å². The van der Waals surface area contributed by atoms with Gasteiger partial charge in [0.1, 0.15) is 0 Å². The minimum Gasteiger partial charge on any atom is -0.385 e. The van der Waals surface area contributed by atoms with Crippen molar-refractivity contribution in [3.05, 3.63) is 0 Å². The van der Waals surface area contributed by atoms with Gasteiger partial charge in [0.2, 0.25) is 0 Å². The van der Waals surface area contributed by atoms with E-state index in [1.807, 2.05) is 0 Å². The molecule has 116 valence electrons. The summed E-state index contributed by atoms with van der Waals surface area (Å²) >= 11 is 0. The van der Waals surface area contributed by atoms with E-state index in [0.717, 1.165) is 32.4 Å². The summed E-state index contributed by atoms with van der Waals surface area (Å²) in [7, 11) is 3.46. The summed E-state index contributed by atoms with van der Waals surface area (Å²) in [6, 6.07) is 0.102. The third-order valence-corrected chi connectivity index (χ3v) is 4.74. The second kappa shape index (κ2) is 7.27. The lowest BCUT2D eigenvalue weighted by molar-refractivity contribution is 0.0451. The summed E-state index contributed by atoms with van der Waals surface area (Å²) in [4.78, 5) is 12.0. The summed E-state index contributed by atoms with van der Waals surface area (Å²) in [5.74, 6) is 0. The Morgan fingerprint density at radius 3 is 2.65 bits per heavy atom. The van der Waals surface area contributed by atoms with Crippen molar-refractivity contribution in [3.8, 4) is 0 Å². The fourth-order valence-electron chi connectivity index (χ4n) is 3.04. The molecule has 5 heteroatoms. The second-order valence-electron chi connectivity index (χ2n) is 6.23. The van der Waals surface area contributed by atoms with Gasteiger partial charge in [0.15, 0.2) is 0 Å². The second-order valence-corrected chi connectivity index (χ2v) is 6.23. The van der Waals surface area contributed by atoms with Gasteiger partial charge >= 0.3 is 6.03 Å². The quantitative estimate of drug-likeness (QED) is 0.752. The number of amides is 2. The van der Waals surface area contributed by atoms with Crippen molar-refractivity contribution >= 4 is 6.03 Å². The van der Waals surface area contributed by atoms with Crippen molar-refractivity contribution in [1.29, 1.82) is 0 Å². The van der Waals surface area contributed by atoms with Crippen molar-refractivity contribution in [3.63, 3.8) is 0 Å². The number of methoxy groups -OCH3 is 2. The Bertz CT molecular complexity index is 318. The molecule has 0 bridgehead atoms. The van der Waals surface area contributed by atoms with Crippen LogP contribution in [-0.2, 0) is 9.47 Å². The van der Waals surface area contributed by atoms with Crippen molar-refractivity contribution in [2.45, 2.75) is 57.1 Å². The van der Waals surface area contributed by atoms with Crippen molar-refractivity contribution in [1.82, 2.24) is 10.6 Å². The Morgan fingerprint density at radius 2 is 2.00 bits per heavy atom. The van der Waals surface area contributed by atoms with Gasteiger partial charge in [-0.2, -0.15) is 0 Å². The molecular weight excluding hydrogens is 256 g/mol. The molecule has 0 radical (unpaired) electrons. The summed E-state index contributed by atoms with van der Waals surface area (Å²) in [6.45, 7) is 1.53. The molecule has 2 aliphatic rings. The number of urea groups is 1. The molecule has 2 atom stereocenters. The van der Waals surface area contributed by atoms with Gasteiger partial charge in [0, 0.05) is 27.4 Å². The molecule has 2 saturated carbocycles. The molecule has 0 aliphatic heterocycles. The standard InChI is InChI=1S/C15H28N2O3/c1-19-10-9-15(7-8-15)11-16-14(18)17-12-5-3-4-6-13(12)20-2/h12-13H,3-11H2,1-2H3,(H2,16,17,18)/t12-,13+/m1/s1. The van der Waals surface area contributed by atoms with Crippen LogP contribution in [0, 0.1) is 5.41 Å². The molecule has 20 heavy (non-hydrogen) atoms.